The molecule has 0 radical (unpaired) electrons. The van der Waals surface area contributed by atoms with E-state index in [0.717, 1.165) is 12.0 Å². The number of rotatable bonds is 0. The number of carbonyl (C=O) groups excluding carboxylic acids is 2. The Balaban J connectivity index is 2.11. The molecule has 0 saturated carbocycles. The molecule has 0 spiro atoms. The predicted molar refractivity (Wildman–Crippen MR) is 77.4 cm³/mol. The van der Waals surface area contributed by atoms with Crippen LogP contribution >= 0.6 is 0 Å². The monoisotopic (exact) mass is 279 g/mol. The van der Waals surface area contributed by atoms with Crippen LogP contribution in [0.25, 0.3) is 0 Å². The van der Waals surface area contributed by atoms with Crippen LogP contribution in [0.15, 0.2) is 11.1 Å². The highest BCUT2D eigenvalue weighted by Gasteiger charge is 2.37. The van der Waals surface area contributed by atoms with Crippen molar-refractivity contribution in [1.29, 1.82) is 0 Å². The van der Waals surface area contributed by atoms with E-state index < -0.39 is 5.60 Å². The highest BCUT2D eigenvalue weighted by Crippen LogP contribution is 2.38. The van der Waals surface area contributed by atoms with Gasteiger partial charge < -0.3 is 9.64 Å². The Morgan fingerprint density at radius 2 is 2.00 bits per heavy atom. The van der Waals surface area contributed by atoms with Gasteiger partial charge in [0.05, 0.1) is 0 Å². The lowest BCUT2D eigenvalue weighted by Gasteiger charge is -2.41. The second-order valence-electron chi connectivity index (χ2n) is 7.04. The zero-order chi connectivity index (χ0) is 15.1. The topological polar surface area (TPSA) is 46.6 Å². The molecule has 0 unspecified atom stereocenters. The smallest absolute Gasteiger partial charge is 0.410 e. The van der Waals surface area contributed by atoms with Crippen molar-refractivity contribution in [2.24, 2.45) is 11.8 Å². The van der Waals surface area contributed by atoms with Gasteiger partial charge in [0.2, 0.25) is 0 Å². The lowest BCUT2D eigenvalue weighted by Crippen LogP contribution is -2.46. The number of Topliss-reactive ketones (excluding diaryl/α,β-unsaturated/α-hetero) is 1. The summed E-state index contributed by atoms with van der Waals surface area (Å²) < 4.78 is 5.44. The van der Waals surface area contributed by atoms with Crippen LogP contribution in [-0.2, 0) is 9.53 Å². The molecule has 2 rings (SSSR count). The van der Waals surface area contributed by atoms with Gasteiger partial charge in [-0.15, -0.1) is 0 Å². The van der Waals surface area contributed by atoms with Crippen LogP contribution in [0.3, 0.4) is 0 Å². The summed E-state index contributed by atoms with van der Waals surface area (Å²) in [4.78, 5) is 25.9. The Labute approximate surface area is 121 Å². The van der Waals surface area contributed by atoms with Crippen LogP contribution in [-0.4, -0.2) is 35.5 Å². The molecule has 0 bridgehead atoms. The van der Waals surface area contributed by atoms with Crippen molar-refractivity contribution in [3.63, 3.8) is 0 Å². The molecular weight excluding hydrogens is 254 g/mol. The first-order valence-electron chi connectivity index (χ1n) is 7.40. The Morgan fingerprint density at radius 3 is 2.60 bits per heavy atom. The van der Waals surface area contributed by atoms with Gasteiger partial charge in [-0.1, -0.05) is 12.5 Å². The molecule has 2 aliphatic rings. The number of fused-ring (bicyclic) bond motifs is 1. The van der Waals surface area contributed by atoms with Crippen LogP contribution < -0.4 is 0 Å². The van der Waals surface area contributed by atoms with Crippen molar-refractivity contribution in [1.82, 2.24) is 4.90 Å². The predicted octanol–water partition coefficient (Wildman–Crippen LogP) is 3.17. The minimum atomic E-state index is -0.461. The molecule has 0 aromatic rings. The fourth-order valence-electron chi connectivity index (χ4n) is 3.13. The number of piperidine rings is 1. The number of hydrogen-bond acceptors (Lipinski definition) is 3. The lowest BCUT2D eigenvalue weighted by atomic mass is 9.72. The molecule has 4 nitrogen and oxygen atoms in total. The molecule has 1 amide bonds. The van der Waals surface area contributed by atoms with E-state index in [1.807, 2.05) is 27.7 Å². The second-order valence-corrected chi connectivity index (χ2v) is 7.04. The van der Waals surface area contributed by atoms with Gasteiger partial charge in [-0.3, -0.25) is 4.79 Å². The molecule has 1 fully saturated rings. The fourth-order valence-corrected chi connectivity index (χ4v) is 3.13. The number of amides is 1. The molecule has 1 heterocycles. The maximum absolute atomic E-state index is 12.2. The van der Waals surface area contributed by atoms with Gasteiger partial charge in [0.15, 0.2) is 5.78 Å². The molecule has 1 aliphatic carbocycles. The summed E-state index contributed by atoms with van der Waals surface area (Å²) in [7, 11) is 0. The van der Waals surface area contributed by atoms with Crippen LogP contribution in [0, 0.1) is 11.8 Å². The summed E-state index contributed by atoms with van der Waals surface area (Å²) in [6.45, 7) is 11.0. The van der Waals surface area contributed by atoms with Gasteiger partial charge in [-0.25, -0.2) is 4.79 Å². The van der Waals surface area contributed by atoms with E-state index >= 15 is 0 Å². The summed E-state index contributed by atoms with van der Waals surface area (Å²) in [6.07, 6.45) is 1.16. The largest absolute Gasteiger partial charge is 0.444 e. The molecule has 112 valence electrons. The summed E-state index contributed by atoms with van der Waals surface area (Å²) in [5.41, 5.74) is 1.72. The van der Waals surface area contributed by atoms with Crippen molar-refractivity contribution in [3.05, 3.63) is 11.1 Å². The molecule has 0 N–H and O–H groups in total. The Kier molecular flexibility index (Phi) is 3.94. The van der Waals surface area contributed by atoms with Crippen molar-refractivity contribution in [2.45, 2.75) is 53.1 Å². The number of allylic oxidation sites excluding steroid dienone is 1. The Morgan fingerprint density at radius 1 is 1.35 bits per heavy atom. The molecule has 4 heteroatoms. The summed E-state index contributed by atoms with van der Waals surface area (Å²) >= 11 is 0. The summed E-state index contributed by atoms with van der Waals surface area (Å²) in [6, 6.07) is 0. The number of ether oxygens (including phenoxy) is 1. The van der Waals surface area contributed by atoms with Crippen LogP contribution in [0.5, 0.6) is 0 Å². The average Bonchev–Trinajstić information content (AvgIpc) is 2.33. The van der Waals surface area contributed by atoms with Crippen LogP contribution in [0.2, 0.25) is 0 Å². The third-order valence-electron chi connectivity index (χ3n) is 4.26. The minimum absolute atomic E-state index is 0.238. The number of hydrogen-bond donors (Lipinski definition) is 0. The standard InChI is InChI=1S/C16H25NO3/c1-10-8-14(18)11(2)12-6-7-17(9-13(10)12)15(19)20-16(3,4)5/h10,13H,6-9H2,1-5H3/t10-,13-/m1/s1. The van der Waals surface area contributed by atoms with Crippen molar-refractivity contribution >= 4 is 11.9 Å². The maximum Gasteiger partial charge on any atom is 0.410 e. The molecule has 1 saturated heterocycles. The molecular formula is C16H25NO3. The fraction of sp³-hybridized carbons (Fsp3) is 0.750. The highest BCUT2D eigenvalue weighted by atomic mass is 16.6. The second kappa shape index (κ2) is 5.23. The SMILES string of the molecule is CC1=C2CCN(C(=O)OC(C)(C)C)C[C@@H]2[C@H](C)CC1=O. The molecule has 20 heavy (non-hydrogen) atoms. The number of ketones is 1. The first-order chi connectivity index (χ1) is 9.19. The zero-order valence-electron chi connectivity index (χ0n) is 13.2. The first kappa shape index (κ1) is 15.1. The van der Waals surface area contributed by atoms with Gasteiger partial charge in [-0.2, -0.15) is 0 Å². The van der Waals surface area contributed by atoms with E-state index in [4.69, 9.17) is 4.74 Å². The van der Waals surface area contributed by atoms with E-state index in [1.165, 1.54) is 5.57 Å². The maximum atomic E-state index is 12.2. The Bertz CT molecular complexity index is 459. The van der Waals surface area contributed by atoms with Crippen LogP contribution in [0.1, 0.15) is 47.5 Å². The van der Waals surface area contributed by atoms with E-state index in [0.29, 0.717) is 31.3 Å². The van der Waals surface area contributed by atoms with Gasteiger partial charge in [0, 0.05) is 25.4 Å². The van der Waals surface area contributed by atoms with Gasteiger partial charge in [-0.05, 0) is 45.6 Å². The van der Waals surface area contributed by atoms with E-state index in [9.17, 15) is 9.59 Å². The summed E-state index contributed by atoms with van der Waals surface area (Å²) in [5.74, 6) is 0.898. The summed E-state index contributed by atoms with van der Waals surface area (Å²) in [5, 5.41) is 0. The minimum Gasteiger partial charge on any atom is -0.444 e. The number of nitrogens with zero attached hydrogens (tertiary/aromatic N) is 1. The van der Waals surface area contributed by atoms with Crippen molar-refractivity contribution < 1.29 is 14.3 Å². The van der Waals surface area contributed by atoms with Gasteiger partial charge >= 0.3 is 6.09 Å². The number of likely N-dealkylation sites (tertiary alicyclic amines) is 1. The lowest BCUT2D eigenvalue weighted by molar-refractivity contribution is -0.117. The van der Waals surface area contributed by atoms with E-state index in [-0.39, 0.29) is 11.9 Å². The van der Waals surface area contributed by atoms with E-state index in [2.05, 4.69) is 6.92 Å². The highest BCUT2D eigenvalue weighted by molar-refractivity contribution is 5.96. The quantitative estimate of drug-likeness (QED) is 0.684. The molecule has 0 aromatic heterocycles. The van der Waals surface area contributed by atoms with Crippen molar-refractivity contribution in [3.8, 4) is 0 Å². The number of carbonyl (C=O) groups is 2. The normalized spacial score (nSPS) is 27.4. The van der Waals surface area contributed by atoms with Gasteiger partial charge in [0.25, 0.3) is 0 Å². The third kappa shape index (κ3) is 3.05. The first-order valence-corrected chi connectivity index (χ1v) is 7.40. The van der Waals surface area contributed by atoms with E-state index in [1.54, 1.807) is 4.90 Å². The average molecular weight is 279 g/mol. The Hall–Kier alpha value is -1.32. The zero-order valence-corrected chi connectivity index (χ0v) is 13.2. The van der Waals surface area contributed by atoms with Crippen molar-refractivity contribution in [2.75, 3.05) is 13.1 Å². The molecule has 1 aliphatic heterocycles. The molecule has 2 atom stereocenters. The molecule has 0 aromatic carbocycles. The van der Waals surface area contributed by atoms with Gasteiger partial charge in [0.1, 0.15) is 5.60 Å². The van der Waals surface area contributed by atoms with Crippen LogP contribution in [0.4, 0.5) is 4.79 Å². The third-order valence-corrected chi connectivity index (χ3v) is 4.26.